The summed E-state index contributed by atoms with van der Waals surface area (Å²) in [5, 5.41) is 7.89. The molecule has 1 unspecified atom stereocenters. The zero-order chi connectivity index (χ0) is 13.8. The highest BCUT2D eigenvalue weighted by molar-refractivity contribution is 9.10. The van der Waals surface area contributed by atoms with Gasteiger partial charge in [-0.25, -0.2) is 0 Å². The van der Waals surface area contributed by atoms with Crippen molar-refractivity contribution in [3.63, 3.8) is 0 Å². The number of aryl methyl sites for hydroxylation is 2. The van der Waals surface area contributed by atoms with E-state index in [-0.39, 0.29) is 6.04 Å². The van der Waals surface area contributed by atoms with Gasteiger partial charge in [0.15, 0.2) is 0 Å². The monoisotopic (exact) mass is 322 g/mol. The molecule has 102 valence electrons. The molecule has 1 atom stereocenters. The molecule has 1 N–H and O–H groups in total. The Labute approximate surface area is 122 Å². The lowest BCUT2D eigenvalue weighted by molar-refractivity contribution is 0.549. The summed E-state index contributed by atoms with van der Waals surface area (Å²) in [5.41, 5.74) is 3.56. The number of pyridine rings is 1. The zero-order valence-electron chi connectivity index (χ0n) is 11.5. The third-order valence-corrected chi connectivity index (χ3v) is 3.81. The highest BCUT2D eigenvalue weighted by atomic mass is 79.9. The van der Waals surface area contributed by atoms with Crippen LogP contribution < -0.4 is 5.32 Å². The lowest BCUT2D eigenvalue weighted by Crippen LogP contribution is -2.26. The van der Waals surface area contributed by atoms with Crippen LogP contribution in [0.15, 0.2) is 29.1 Å². The molecule has 0 aliphatic heterocycles. The standard InChI is InChI=1S/C14H19BrN4/c1-4-6-17-13(11-8-16-7-5-10(11)2)14-12(15)9-18-19(14)3/h5,7-9,13,17H,4,6H2,1-3H3. The van der Waals surface area contributed by atoms with Crippen LogP contribution in [0.5, 0.6) is 0 Å². The van der Waals surface area contributed by atoms with E-state index >= 15 is 0 Å². The van der Waals surface area contributed by atoms with Crippen LogP contribution in [0.25, 0.3) is 0 Å². The van der Waals surface area contributed by atoms with Gasteiger partial charge < -0.3 is 5.32 Å². The van der Waals surface area contributed by atoms with Crippen molar-refractivity contribution in [2.45, 2.75) is 26.3 Å². The van der Waals surface area contributed by atoms with Crippen molar-refractivity contribution >= 4 is 15.9 Å². The third-order valence-electron chi connectivity index (χ3n) is 3.20. The fourth-order valence-electron chi connectivity index (χ4n) is 2.17. The summed E-state index contributed by atoms with van der Waals surface area (Å²) in [4.78, 5) is 4.26. The molecule has 5 heteroatoms. The summed E-state index contributed by atoms with van der Waals surface area (Å²) < 4.78 is 2.93. The number of halogens is 1. The smallest absolute Gasteiger partial charge is 0.0777 e. The number of aromatic nitrogens is 3. The molecule has 4 nitrogen and oxygen atoms in total. The maximum atomic E-state index is 4.31. The van der Waals surface area contributed by atoms with Crippen molar-refractivity contribution in [2.75, 3.05) is 6.54 Å². The molecule has 2 rings (SSSR count). The van der Waals surface area contributed by atoms with Crippen LogP contribution in [0.4, 0.5) is 0 Å². The molecule has 2 aromatic heterocycles. The molecule has 0 aliphatic carbocycles. The van der Waals surface area contributed by atoms with Gasteiger partial charge in [0.05, 0.1) is 22.4 Å². The second kappa shape index (κ2) is 6.30. The van der Waals surface area contributed by atoms with E-state index < -0.39 is 0 Å². The summed E-state index contributed by atoms with van der Waals surface area (Å²) in [6, 6.07) is 2.15. The van der Waals surface area contributed by atoms with Gasteiger partial charge in [0, 0.05) is 19.4 Å². The summed E-state index contributed by atoms with van der Waals surface area (Å²) in [6.45, 7) is 5.23. The van der Waals surface area contributed by atoms with E-state index in [1.54, 1.807) is 0 Å². The normalized spacial score (nSPS) is 12.6. The molecular weight excluding hydrogens is 304 g/mol. The van der Waals surface area contributed by atoms with E-state index in [1.165, 1.54) is 11.1 Å². The van der Waals surface area contributed by atoms with E-state index in [0.717, 1.165) is 23.1 Å². The van der Waals surface area contributed by atoms with Crippen LogP contribution in [0.1, 0.15) is 36.2 Å². The zero-order valence-corrected chi connectivity index (χ0v) is 13.1. The van der Waals surface area contributed by atoms with Gasteiger partial charge in [-0.3, -0.25) is 9.67 Å². The number of rotatable bonds is 5. The Kier molecular flexibility index (Phi) is 4.71. The van der Waals surface area contributed by atoms with Gasteiger partial charge in [-0.15, -0.1) is 0 Å². The average molecular weight is 323 g/mol. The van der Waals surface area contributed by atoms with Crippen LogP contribution >= 0.6 is 15.9 Å². The van der Waals surface area contributed by atoms with Crippen molar-refractivity contribution in [1.82, 2.24) is 20.1 Å². The molecule has 2 heterocycles. The van der Waals surface area contributed by atoms with Gasteiger partial charge >= 0.3 is 0 Å². The number of hydrogen-bond acceptors (Lipinski definition) is 3. The van der Waals surface area contributed by atoms with Gasteiger partial charge in [0.1, 0.15) is 0 Å². The third kappa shape index (κ3) is 3.04. The van der Waals surface area contributed by atoms with E-state index in [2.05, 4.69) is 45.2 Å². The molecule has 0 bridgehead atoms. The van der Waals surface area contributed by atoms with Gasteiger partial charge in [-0.2, -0.15) is 5.10 Å². The van der Waals surface area contributed by atoms with Crippen LogP contribution in [-0.4, -0.2) is 21.3 Å². The Bertz CT molecular complexity index is 531. The Morgan fingerprint density at radius 2 is 2.21 bits per heavy atom. The first-order valence-corrected chi connectivity index (χ1v) is 7.25. The Balaban J connectivity index is 2.45. The molecule has 0 spiro atoms. The molecule has 0 aliphatic rings. The molecule has 0 saturated carbocycles. The molecule has 2 aromatic rings. The number of nitrogens with one attached hydrogen (secondary N) is 1. The van der Waals surface area contributed by atoms with E-state index in [0.29, 0.717) is 0 Å². The van der Waals surface area contributed by atoms with Crippen LogP contribution in [0.3, 0.4) is 0 Å². The molecular formula is C14H19BrN4. The molecule has 0 amide bonds. The maximum absolute atomic E-state index is 4.31. The number of nitrogens with zero attached hydrogens (tertiary/aromatic N) is 3. The molecule has 0 saturated heterocycles. The first-order valence-electron chi connectivity index (χ1n) is 6.46. The lowest BCUT2D eigenvalue weighted by Gasteiger charge is -2.21. The summed E-state index contributed by atoms with van der Waals surface area (Å²) in [5.74, 6) is 0. The van der Waals surface area contributed by atoms with Crippen molar-refractivity contribution in [2.24, 2.45) is 7.05 Å². The molecule has 0 aromatic carbocycles. The number of hydrogen-bond donors (Lipinski definition) is 1. The first-order chi connectivity index (χ1) is 9.15. The van der Waals surface area contributed by atoms with E-state index in [4.69, 9.17) is 0 Å². The topological polar surface area (TPSA) is 42.7 Å². The largest absolute Gasteiger partial charge is 0.305 e. The lowest BCUT2D eigenvalue weighted by atomic mass is 10.0. The maximum Gasteiger partial charge on any atom is 0.0777 e. The minimum atomic E-state index is 0.107. The van der Waals surface area contributed by atoms with Crippen molar-refractivity contribution < 1.29 is 0 Å². The predicted molar refractivity (Wildman–Crippen MR) is 80.0 cm³/mol. The Hall–Kier alpha value is -1.20. The van der Waals surface area contributed by atoms with Gasteiger partial charge in [0.25, 0.3) is 0 Å². The van der Waals surface area contributed by atoms with E-state index in [9.17, 15) is 0 Å². The summed E-state index contributed by atoms with van der Waals surface area (Å²) >= 11 is 3.59. The fraction of sp³-hybridized carbons (Fsp3) is 0.429. The van der Waals surface area contributed by atoms with Gasteiger partial charge in [0.2, 0.25) is 0 Å². The highest BCUT2D eigenvalue weighted by Crippen LogP contribution is 2.29. The van der Waals surface area contributed by atoms with Crippen LogP contribution in [-0.2, 0) is 7.05 Å². The quantitative estimate of drug-likeness (QED) is 0.920. The second-order valence-corrected chi connectivity index (χ2v) is 5.48. The summed E-state index contributed by atoms with van der Waals surface area (Å²) in [7, 11) is 1.96. The highest BCUT2D eigenvalue weighted by Gasteiger charge is 2.21. The van der Waals surface area contributed by atoms with Crippen molar-refractivity contribution in [3.05, 3.63) is 46.0 Å². The Morgan fingerprint density at radius 3 is 2.79 bits per heavy atom. The fourth-order valence-corrected chi connectivity index (χ4v) is 2.74. The van der Waals surface area contributed by atoms with Crippen LogP contribution in [0.2, 0.25) is 0 Å². The van der Waals surface area contributed by atoms with Gasteiger partial charge in [-0.1, -0.05) is 6.92 Å². The summed E-state index contributed by atoms with van der Waals surface area (Å²) in [6.07, 6.45) is 6.68. The minimum Gasteiger partial charge on any atom is -0.305 e. The molecule has 0 radical (unpaired) electrons. The second-order valence-electron chi connectivity index (χ2n) is 4.62. The molecule has 19 heavy (non-hydrogen) atoms. The average Bonchev–Trinajstić information content (AvgIpc) is 2.73. The van der Waals surface area contributed by atoms with Gasteiger partial charge in [-0.05, 0) is 53.0 Å². The van der Waals surface area contributed by atoms with Crippen LogP contribution in [0, 0.1) is 6.92 Å². The predicted octanol–water partition coefficient (Wildman–Crippen LogP) is 2.98. The first kappa shape index (κ1) is 14.2. The van der Waals surface area contributed by atoms with Crippen molar-refractivity contribution in [1.29, 1.82) is 0 Å². The SMILES string of the molecule is CCCNC(c1cnccc1C)c1c(Br)cnn1C. The minimum absolute atomic E-state index is 0.107. The molecule has 0 fully saturated rings. The Morgan fingerprint density at radius 1 is 1.42 bits per heavy atom. The van der Waals surface area contributed by atoms with E-state index in [1.807, 2.05) is 36.4 Å². The van der Waals surface area contributed by atoms with Crippen molar-refractivity contribution in [3.8, 4) is 0 Å².